The maximum Gasteiger partial charge on any atom is 0.352 e. The summed E-state index contributed by atoms with van der Waals surface area (Å²) in [6, 6.07) is 17.2. The minimum Gasteiger partial charge on any atom is -0.493 e. The minimum atomic E-state index is -1.01. The number of nitrogens with one attached hydrogen (secondary N) is 1. The van der Waals surface area contributed by atoms with Crippen molar-refractivity contribution in [2.45, 2.75) is 66.0 Å². The average molecular weight is 629 g/mol. The average Bonchev–Trinajstić information content (AvgIpc) is 3.53. The first kappa shape index (κ1) is 33.2. The molecule has 0 fully saturated rings. The van der Waals surface area contributed by atoms with Gasteiger partial charge in [-0.1, -0.05) is 57.2 Å². The number of hydrogen-bond donors (Lipinski definition) is 2. The van der Waals surface area contributed by atoms with Crippen LogP contribution in [0.5, 0.6) is 5.75 Å². The fourth-order valence-electron chi connectivity index (χ4n) is 6.51. The number of ether oxygens (including phenoxy) is 2. The largest absolute Gasteiger partial charge is 0.493 e. The van der Waals surface area contributed by atoms with Crippen LogP contribution in [0.15, 0.2) is 54.6 Å². The van der Waals surface area contributed by atoms with Crippen molar-refractivity contribution in [3.8, 4) is 16.9 Å². The Morgan fingerprint density at radius 3 is 2.54 bits per heavy atom. The van der Waals surface area contributed by atoms with E-state index in [0.29, 0.717) is 66.9 Å². The summed E-state index contributed by atoms with van der Waals surface area (Å²) in [5.74, 6) is -0.589. The molecule has 0 amide bonds. The molecular formula is C37H45FN4O4. The van der Waals surface area contributed by atoms with Crippen molar-refractivity contribution in [3.05, 3.63) is 83.1 Å². The summed E-state index contributed by atoms with van der Waals surface area (Å²) in [5, 5.41) is 21.2. The molecular weight excluding hydrogens is 583 g/mol. The minimum absolute atomic E-state index is 0.223. The second-order valence-corrected chi connectivity index (χ2v) is 11.5. The van der Waals surface area contributed by atoms with Crippen LogP contribution >= 0.6 is 0 Å². The van der Waals surface area contributed by atoms with E-state index in [1.54, 1.807) is 10.7 Å². The predicted octanol–water partition coefficient (Wildman–Crippen LogP) is 7.53. The third-order valence-corrected chi connectivity index (χ3v) is 8.54. The molecule has 0 aliphatic carbocycles. The molecule has 0 unspecified atom stereocenters. The Balaban J connectivity index is 0.000000775. The number of carbonyl (C=O) groups is 1. The van der Waals surface area contributed by atoms with Gasteiger partial charge in [-0.25, -0.2) is 9.18 Å². The number of aromatic nitrogens is 3. The zero-order chi connectivity index (χ0) is 32.6. The molecule has 1 aliphatic rings. The predicted molar refractivity (Wildman–Crippen MR) is 181 cm³/mol. The molecule has 3 aromatic carbocycles. The van der Waals surface area contributed by atoms with E-state index >= 15 is 4.39 Å². The number of aryl methyl sites for hydroxylation is 3. The number of halogens is 1. The highest BCUT2D eigenvalue weighted by molar-refractivity contribution is 6.04. The number of fused-ring (bicyclic) bond motifs is 3. The van der Waals surface area contributed by atoms with Crippen LogP contribution in [0.25, 0.3) is 32.8 Å². The zero-order valence-electron chi connectivity index (χ0n) is 27.4. The molecule has 0 spiro atoms. The van der Waals surface area contributed by atoms with Crippen molar-refractivity contribution in [1.29, 1.82) is 0 Å². The summed E-state index contributed by atoms with van der Waals surface area (Å²) in [6.45, 7) is 10.1. The monoisotopic (exact) mass is 628 g/mol. The molecule has 0 bridgehead atoms. The van der Waals surface area contributed by atoms with Gasteiger partial charge >= 0.3 is 5.97 Å². The number of rotatable bonds is 9. The van der Waals surface area contributed by atoms with Gasteiger partial charge < -0.3 is 24.5 Å². The fraction of sp³-hybridized carbons (Fsp3) is 0.405. The van der Waals surface area contributed by atoms with E-state index in [2.05, 4.69) is 36.4 Å². The quantitative estimate of drug-likeness (QED) is 0.164. The molecule has 9 heteroatoms. The second-order valence-electron chi connectivity index (χ2n) is 11.5. The van der Waals surface area contributed by atoms with E-state index in [1.165, 1.54) is 6.07 Å². The Morgan fingerprint density at radius 1 is 1.02 bits per heavy atom. The molecule has 8 nitrogen and oxygen atoms in total. The highest BCUT2D eigenvalue weighted by Gasteiger charge is 2.29. The Labute approximate surface area is 270 Å². The summed E-state index contributed by atoms with van der Waals surface area (Å²) in [6.07, 6.45) is 3.24. The van der Waals surface area contributed by atoms with E-state index in [9.17, 15) is 9.90 Å². The van der Waals surface area contributed by atoms with Crippen LogP contribution in [0.1, 0.15) is 67.5 Å². The van der Waals surface area contributed by atoms with Gasteiger partial charge in [0.2, 0.25) is 0 Å². The summed E-state index contributed by atoms with van der Waals surface area (Å²) in [7, 11) is 1.86. The normalized spacial score (nSPS) is 13.2. The number of carboxylic acids is 1. The Bertz CT molecular complexity index is 1800. The number of carboxylic acid groups (broad SMARTS) is 1. The van der Waals surface area contributed by atoms with Gasteiger partial charge in [-0.05, 0) is 74.3 Å². The standard InChI is InChI=1S/C33H34FN3O4.C4H11N/c1-3-27-30-26(35-36(27)2)20-40-18-7-6-17-37-31-24(15-16-25(34)29(30)31)23(32(37)33(38)39)13-9-19-41-28-14-8-11-21-10-4-5-12-22(21)28;1-3-5-4-2/h4-5,8,10-12,14-16H,3,6-7,9,13,17-20H2,1-2H3,(H,38,39);5H,3-4H2,1-2H3. The third-order valence-electron chi connectivity index (χ3n) is 8.54. The molecule has 6 rings (SSSR count). The number of benzene rings is 3. The van der Waals surface area contributed by atoms with Crippen molar-refractivity contribution in [2.24, 2.45) is 7.05 Å². The van der Waals surface area contributed by atoms with Crippen molar-refractivity contribution in [1.82, 2.24) is 19.7 Å². The van der Waals surface area contributed by atoms with Crippen molar-refractivity contribution in [3.63, 3.8) is 0 Å². The maximum absolute atomic E-state index is 15.9. The number of nitrogens with zero attached hydrogens (tertiary/aromatic N) is 3. The zero-order valence-corrected chi connectivity index (χ0v) is 27.4. The Kier molecular flexibility index (Phi) is 11.1. The second kappa shape index (κ2) is 15.4. The smallest absolute Gasteiger partial charge is 0.352 e. The summed E-state index contributed by atoms with van der Waals surface area (Å²) in [4.78, 5) is 12.8. The highest BCUT2D eigenvalue weighted by atomic mass is 19.1. The van der Waals surface area contributed by atoms with Crippen LogP contribution in [0.3, 0.4) is 0 Å². The van der Waals surface area contributed by atoms with Gasteiger partial charge in [0, 0.05) is 47.8 Å². The highest BCUT2D eigenvalue weighted by Crippen LogP contribution is 2.41. The lowest BCUT2D eigenvalue weighted by Gasteiger charge is -2.13. The van der Waals surface area contributed by atoms with Gasteiger partial charge in [-0.2, -0.15) is 5.10 Å². The van der Waals surface area contributed by atoms with Gasteiger partial charge in [0.15, 0.2) is 0 Å². The van der Waals surface area contributed by atoms with Gasteiger partial charge in [-0.15, -0.1) is 0 Å². The maximum atomic E-state index is 15.9. The molecule has 1 aliphatic heterocycles. The third kappa shape index (κ3) is 6.81. The van der Waals surface area contributed by atoms with Gasteiger partial charge in [-0.3, -0.25) is 4.68 Å². The van der Waals surface area contributed by atoms with Crippen LogP contribution in [0, 0.1) is 5.82 Å². The van der Waals surface area contributed by atoms with E-state index in [1.807, 2.05) is 48.9 Å². The van der Waals surface area contributed by atoms with Crippen LogP contribution in [0.4, 0.5) is 4.39 Å². The lowest BCUT2D eigenvalue weighted by Crippen LogP contribution is -2.12. The van der Waals surface area contributed by atoms with Crippen molar-refractivity contribution in [2.75, 3.05) is 26.3 Å². The van der Waals surface area contributed by atoms with Crippen LogP contribution in [-0.4, -0.2) is 51.7 Å². The molecule has 0 saturated carbocycles. The molecule has 5 aromatic rings. The Hall–Kier alpha value is -4.21. The number of aromatic carboxylic acids is 1. The molecule has 0 radical (unpaired) electrons. The first-order valence-electron chi connectivity index (χ1n) is 16.4. The Morgan fingerprint density at radius 2 is 1.80 bits per heavy atom. The van der Waals surface area contributed by atoms with E-state index in [0.717, 1.165) is 53.5 Å². The van der Waals surface area contributed by atoms with Gasteiger partial charge in [0.25, 0.3) is 0 Å². The van der Waals surface area contributed by atoms with Crippen LogP contribution in [0.2, 0.25) is 0 Å². The fourth-order valence-corrected chi connectivity index (χ4v) is 6.51. The number of hydrogen-bond acceptors (Lipinski definition) is 5. The van der Waals surface area contributed by atoms with Crippen LogP contribution in [-0.2, 0) is 37.8 Å². The van der Waals surface area contributed by atoms with E-state index in [-0.39, 0.29) is 18.1 Å². The molecule has 2 N–H and O–H groups in total. The first-order valence-corrected chi connectivity index (χ1v) is 16.4. The molecule has 3 heterocycles. The summed E-state index contributed by atoms with van der Waals surface area (Å²) >= 11 is 0. The summed E-state index contributed by atoms with van der Waals surface area (Å²) in [5.41, 5.74) is 4.25. The van der Waals surface area contributed by atoms with Crippen LogP contribution < -0.4 is 10.1 Å². The van der Waals surface area contributed by atoms with Crippen molar-refractivity contribution >= 4 is 27.6 Å². The lowest BCUT2D eigenvalue weighted by molar-refractivity contribution is 0.0683. The first-order chi connectivity index (χ1) is 22.4. The van der Waals surface area contributed by atoms with Gasteiger partial charge in [0.1, 0.15) is 17.3 Å². The lowest BCUT2D eigenvalue weighted by atomic mass is 9.96. The topological polar surface area (TPSA) is 90.5 Å². The van der Waals surface area contributed by atoms with Crippen molar-refractivity contribution < 1.29 is 23.8 Å². The molecule has 0 saturated heterocycles. The molecule has 2 aromatic heterocycles. The van der Waals surface area contributed by atoms with Gasteiger partial charge in [0.05, 0.1) is 24.4 Å². The van der Waals surface area contributed by atoms with E-state index < -0.39 is 5.97 Å². The SMILES string of the molecule is CCNCC.CCc1c2c(nn1C)COCCCCn1c(C(=O)O)c(CCCOc3cccc4ccccc34)c3ccc(F)c-2c31. The molecule has 244 valence electrons. The van der Waals surface area contributed by atoms with E-state index in [4.69, 9.17) is 9.47 Å². The molecule has 46 heavy (non-hydrogen) atoms. The molecule has 0 atom stereocenters. The summed E-state index contributed by atoms with van der Waals surface area (Å²) < 4.78 is 31.6.